The summed E-state index contributed by atoms with van der Waals surface area (Å²) in [5.41, 5.74) is 0.222. The molecule has 0 amide bonds. The maximum absolute atomic E-state index is 5.81. The molecule has 0 aliphatic rings. The summed E-state index contributed by atoms with van der Waals surface area (Å²) in [6.45, 7) is 7.59. The summed E-state index contributed by atoms with van der Waals surface area (Å²) in [6, 6.07) is 0. The van der Waals surface area contributed by atoms with E-state index in [0.29, 0.717) is 5.88 Å². The number of halogens is 1. The van der Waals surface area contributed by atoms with Gasteiger partial charge in [-0.1, -0.05) is 13.8 Å². The van der Waals surface area contributed by atoms with Crippen molar-refractivity contribution >= 4 is 11.6 Å². The molecular formula is C10H23ClN2. The lowest BCUT2D eigenvalue weighted by Crippen LogP contribution is -2.32. The summed E-state index contributed by atoms with van der Waals surface area (Å²) in [5.74, 6) is 0.716. The lowest BCUT2D eigenvalue weighted by molar-refractivity contribution is 0.361. The lowest BCUT2D eigenvalue weighted by Gasteiger charge is -2.21. The fourth-order valence-corrected chi connectivity index (χ4v) is 1.09. The fourth-order valence-electron chi connectivity index (χ4n) is 0.994. The molecule has 0 aliphatic carbocycles. The van der Waals surface area contributed by atoms with Crippen LogP contribution in [0.5, 0.6) is 0 Å². The Kier molecular flexibility index (Phi) is 6.74. The Bertz CT molecular complexity index is 124. The van der Waals surface area contributed by atoms with Gasteiger partial charge in [0.1, 0.15) is 0 Å². The molecule has 0 fully saturated rings. The molecular weight excluding hydrogens is 184 g/mol. The summed E-state index contributed by atoms with van der Waals surface area (Å²) in [7, 11) is 4.20. The van der Waals surface area contributed by atoms with Crippen LogP contribution in [0.1, 0.15) is 20.3 Å². The average Bonchev–Trinajstić information content (AvgIpc) is 2.03. The van der Waals surface area contributed by atoms with Crippen LogP contribution in [0.25, 0.3) is 0 Å². The third kappa shape index (κ3) is 8.54. The zero-order chi connectivity index (χ0) is 10.3. The van der Waals surface area contributed by atoms with E-state index in [0.717, 1.165) is 19.6 Å². The summed E-state index contributed by atoms with van der Waals surface area (Å²) < 4.78 is 0. The minimum atomic E-state index is 0.222. The first-order chi connectivity index (χ1) is 5.98. The first-order valence-electron chi connectivity index (χ1n) is 4.89. The Balaban J connectivity index is 3.26. The number of rotatable bonds is 7. The Morgan fingerprint density at radius 1 is 1.31 bits per heavy atom. The Hall–Kier alpha value is 0.210. The van der Waals surface area contributed by atoms with E-state index < -0.39 is 0 Å². The molecule has 0 unspecified atom stereocenters. The highest BCUT2D eigenvalue weighted by Gasteiger charge is 2.14. The highest BCUT2D eigenvalue weighted by atomic mass is 35.5. The van der Waals surface area contributed by atoms with E-state index in [-0.39, 0.29) is 5.41 Å². The second-order valence-electron chi connectivity index (χ2n) is 4.63. The van der Waals surface area contributed by atoms with E-state index in [1.54, 1.807) is 0 Å². The third-order valence-corrected chi connectivity index (χ3v) is 2.65. The molecule has 3 heteroatoms. The van der Waals surface area contributed by atoms with Crippen LogP contribution in [-0.2, 0) is 0 Å². The Labute approximate surface area is 87.6 Å². The van der Waals surface area contributed by atoms with Gasteiger partial charge in [-0.2, -0.15) is 0 Å². The van der Waals surface area contributed by atoms with Crippen molar-refractivity contribution in [2.45, 2.75) is 20.3 Å². The van der Waals surface area contributed by atoms with Gasteiger partial charge in [0.2, 0.25) is 0 Å². The molecule has 0 rings (SSSR count). The normalized spacial score (nSPS) is 12.5. The second-order valence-corrected chi connectivity index (χ2v) is 4.90. The van der Waals surface area contributed by atoms with Crippen molar-refractivity contribution in [3.8, 4) is 0 Å². The standard InChI is InChI=1S/C10H23ClN2/c1-10(2,8-11)9-12-6-5-7-13(3)4/h12H,5-9H2,1-4H3. The van der Waals surface area contributed by atoms with Crippen LogP contribution in [0.4, 0.5) is 0 Å². The molecule has 0 radical (unpaired) electrons. The molecule has 0 aliphatic heterocycles. The second kappa shape index (κ2) is 6.63. The maximum atomic E-state index is 5.81. The lowest BCUT2D eigenvalue weighted by atomic mass is 9.96. The van der Waals surface area contributed by atoms with Crippen molar-refractivity contribution < 1.29 is 0 Å². The number of nitrogens with one attached hydrogen (secondary N) is 1. The Morgan fingerprint density at radius 3 is 2.38 bits per heavy atom. The zero-order valence-electron chi connectivity index (χ0n) is 9.36. The van der Waals surface area contributed by atoms with Crippen LogP contribution in [0, 0.1) is 5.41 Å². The monoisotopic (exact) mass is 206 g/mol. The van der Waals surface area contributed by atoms with Crippen molar-refractivity contribution in [3.63, 3.8) is 0 Å². The van der Waals surface area contributed by atoms with E-state index in [1.807, 2.05) is 0 Å². The maximum Gasteiger partial charge on any atom is 0.0286 e. The molecule has 0 saturated carbocycles. The van der Waals surface area contributed by atoms with E-state index in [9.17, 15) is 0 Å². The van der Waals surface area contributed by atoms with Gasteiger partial charge in [0.15, 0.2) is 0 Å². The third-order valence-electron chi connectivity index (χ3n) is 1.92. The molecule has 0 spiro atoms. The van der Waals surface area contributed by atoms with Crippen molar-refractivity contribution in [1.82, 2.24) is 10.2 Å². The van der Waals surface area contributed by atoms with Crippen molar-refractivity contribution in [2.75, 3.05) is 39.6 Å². The van der Waals surface area contributed by atoms with Gasteiger partial charge in [0.05, 0.1) is 0 Å². The van der Waals surface area contributed by atoms with Crippen LogP contribution in [0.2, 0.25) is 0 Å². The van der Waals surface area contributed by atoms with Crippen LogP contribution in [0.15, 0.2) is 0 Å². The molecule has 1 N–H and O–H groups in total. The van der Waals surface area contributed by atoms with E-state index >= 15 is 0 Å². The number of hydrogen-bond donors (Lipinski definition) is 1. The molecule has 0 aromatic heterocycles. The van der Waals surface area contributed by atoms with Crippen LogP contribution < -0.4 is 5.32 Å². The van der Waals surface area contributed by atoms with Crippen molar-refractivity contribution in [3.05, 3.63) is 0 Å². The summed E-state index contributed by atoms with van der Waals surface area (Å²) in [6.07, 6.45) is 1.20. The minimum Gasteiger partial charge on any atom is -0.316 e. The fraction of sp³-hybridized carbons (Fsp3) is 1.00. The molecule has 0 saturated heterocycles. The molecule has 80 valence electrons. The van der Waals surface area contributed by atoms with Crippen molar-refractivity contribution in [1.29, 1.82) is 0 Å². The molecule has 0 aromatic carbocycles. The smallest absolute Gasteiger partial charge is 0.0286 e. The van der Waals surface area contributed by atoms with Gasteiger partial charge < -0.3 is 10.2 Å². The Morgan fingerprint density at radius 2 is 1.92 bits per heavy atom. The van der Waals surface area contributed by atoms with Crippen molar-refractivity contribution in [2.24, 2.45) is 5.41 Å². The first kappa shape index (κ1) is 13.2. The summed E-state index contributed by atoms with van der Waals surface area (Å²) >= 11 is 5.81. The predicted octanol–water partition coefficient (Wildman–Crippen LogP) is 1.79. The molecule has 0 heterocycles. The number of nitrogens with zero attached hydrogens (tertiary/aromatic N) is 1. The van der Waals surface area contributed by atoms with Crippen LogP contribution in [-0.4, -0.2) is 44.5 Å². The van der Waals surface area contributed by atoms with Gasteiger partial charge in [-0.15, -0.1) is 11.6 Å². The first-order valence-corrected chi connectivity index (χ1v) is 5.43. The van der Waals surface area contributed by atoms with E-state index in [4.69, 9.17) is 11.6 Å². The zero-order valence-corrected chi connectivity index (χ0v) is 10.1. The largest absolute Gasteiger partial charge is 0.316 e. The molecule has 0 bridgehead atoms. The minimum absolute atomic E-state index is 0.222. The van der Waals surface area contributed by atoms with Gasteiger partial charge in [-0.25, -0.2) is 0 Å². The summed E-state index contributed by atoms with van der Waals surface area (Å²) in [5, 5.41) is 3.42. The van der Waals surface area contributed by atoms with Gasteiger partial charge in [-0.05, 0) is 39.0 Å². The molecule has 13 heavy (non-hydrogen) atoms. The number of hydrogen-bond acceptors (Lipinski definition) is 2. The molecule has 0 atom stereocenters. The predicted molar refractivity (Wildman–Crippen MR) is 60.5 cm³/mol. The van der Waals surface area contributed by atoms with E-state index in [1.165, 1.54) is 6.42 Å². The highest BCUT2D eigenvalue weighted by Crippen LogP contribution is 2.14. The average molecular weight is 207 g/mol. The van der Waals surface area contributed by atoms with Gasteiger partial charge in [-0.3, -0.25) is 0 Å². The SMILES string of the molecule is CN(C)CCCNCC(C)(C)CCl. The number of alkyl halides is 1. The topological polar surface area (TPSA) is 15.3 Å². The molecule has 0 aromatic rings. The quantitative estimate of drug-likeness (QED) is 0.505. The van der Waals surface area contributed by atoms with Gasteiger partial charge in [0, 0.05) is 12.4 Å². The van der Waals surface area contributed by atoms with E-state index in [2.05, 4.69) is 38.2 Å². The van der Waals surface area contributed by atoms with Crippen LogP contribution >= 0.6 is 11.6 Å². The van der Waals surface area contributed by atoms with Crippen LogP contribution in [0.3, 0.4) is 0 Å². The highest BCUT2D eigenvalue weighted by molar-refractivity contribution is 6.18. The molecule has 2 nitrogen and oxygen atoms in total. The van der Waals surface area contributed by atoms with Gasteiger partial charge in [0.25, 0.3) is 0 Å². The van der Waals surface area contributed by atoms with Gasteiger partial charge >= 0.3 is 0 Å². The summed E-state index contributed by atoms with van der Waals surface area (Å²) in [4.78, 5) is 2.20.